The van der Waals surface area contributed by atoms with Crippen LogP contribution in [0.3, 0.4) is 0 Å². The molecule has 1 saturated carbocycles. The van der Waals surface area contributed by atoms with Crippen molar-refractivity contribution in [1.82, 2.24) is 10.6 Å². The van der Waals surface area contributed by atoms with Gasteiger partial charge in [-0.25, -0.2) is 0 Å². The van der Waals surface area contributed by atoms with Gasteiger partial charge in [0.05, 0.1) is 13.1 Å². The first kappa shape index (κ1) is 16.0. The lowest BCUT2D eigenvalue weighted by Gasteiger charge is -2.42. The molecule has 2 amide bonds. The maximum Gasteiger partial charge on any atom is 0.239 e. The molecule has 1 aliphatic carbocycles. The van der Waals surface area contributed by atoms with Crippen molar-refractivity contribution in [3.05, 3.63) is 34.3 Å². The predicted octanol–water partition coefficient (Wildman–Crippen LogP) is 1.06. The zero-order chi connectivity index (χ0) is 15.3. The topological polar surface area (TPSA) is 84.2 Å². The van der Waals surface area contributed by atoms with Crippen LogP contribution in [0.25, 0.3) is 0 Å². The normalized spacial score (nSPS) is 15.9. The maximum atomic E-state index is 11.8. The summed E-state index contributed by atoms with van der Waals surface area (Å²) < 4.78 is 1.05. The fraction of sp³-hybridized carbons (Fsp3) is 0.467. The van der Waals surface area contributed by atoms with Gasteiger partial charge in [0.25, 0.3) is 0 Å². The van der Waals surface area contributed by atoms with E-state index in [0.717, 1.165) is 17.3 Å². The third kappa shape index (κ3) is 4.04. The van der Waals surface area contributed by atoms with Crippen LogP contribution in [0.2, 0.25) is 0 Å². The largest absolute Gasteiger partial charge is 0.354 e. The summed E-state index contributed by atoms with van der Waals surface area (Å²) in [6, 6.07) is 8.26. The Morgan fingerprint density at radius 2 is 1.81 bits per heavy atom. The summed E-state index contributed by atoms with van der Waals surface area (Å²) in [5, 5.41) is 5.38. The van der Waals surface area contributed by atoms with E-state index in [0.29, 0.717) is 6.54 Å². The standard InChI is InChI=1S/C15H20BrN3O2/c16-12-4-2-11(3-5-12)15(6-1-7-15)10-19-14(21)9-18-13(20)8-17/h2-5H,1,6-10,17H2,(H,18,20)(H,19,21). The second-order valence-corrected chi connectivity index (χ2v) is 6.31. The Morgan fingerprint density at radius 1 is 1.14 bits per heavy atom. The summed E-state index contributed by atoms with van der Waals surface area (Å²) in [5.41, 5.74) is 6.46. The van der Waals surface area contributed by atoms with Gasteiger partial charge in [0.2, 0.25) is 11.8 Å². The number of nitrogens with two attached hydrogens (primary N) is 1. The monoisotopic (exact) mass is 353 g/mol. The summed E-state index contributed by atoms with van der Waals surface area (Å²) in [6.07, 6.45) is 3.32. The number of rotatable bonds is 6. The fourth-order valence-corrected chi connectivity index (χ4v) is 2.82. The number of hydrogen-bond acceptors (Lipinski definition) is 3. The lowest BCUT2D eigenvalue weighted by atomic mass is 9.64. The first-order chi connectivity index (χ1) is 10.1. The molecule has 114 valence electrons. The number of amides is 2. The summed E-state index contributed by atoms with van der Waals surface area (Å²) >= 11 is 3.44. The third-order valence-corrected chi connectivity index (χ3v) is 4.55. The van der Waals surface area contributed by atoms with Crippen molar-refractivity contribution >= 4 is 27.7 Å². The zero-order valence-electron chi connectivity index (χ0n) is 11.8. The molecule has 2 rings (SSSR count). The van der Waals surface area contributed by atoms with E-state index < -0.39 is 0 Å². The molecule has 0 saturated heterocycles. The number of halogens is 1. The highest BCUT2D eigenvalue weighted by molar-refractivity contribution is 9.10. The molecule has 6 heteroatoms. The van der Waals surface area contributed by atoms with Crippen LogP contribution >= 0.6 is 15.9 Å². The number of benzene rings is 1. The SMILES string of the molecule is NCC(=O)NCC(=O)NCC1(c2ccc(Br)cc2)CCC1. The van der Waals surface area contributed by atoms with Crippen LogP contribution in [0.1, 0.15) is 24.8 Å². The lowest BCUT2D eigenvalue weighted by Crippen LogP contribution is -2.48. The Morgan fingerprint density at radius 3 is 2.33 bits per heavy atom. The molecular formula is C15H20BrN3O2. The van der Waals surface area contributed by atoms with Crippen molar-refractivity contribution in [3.63, 3.8) is 0 Å². The molecule has 0 atom stereocenters. The van der Waals surface area contributed by atoms with Gasteiger partial charge >= 0.3 is 0 Å². The smallest absolute Gasteiger partial charge is 0.239 e. The minimum atomic E-state index is -0.323. The van der Waals surface area contributed by atoms with Crippen LogP contribution < -0.4 is 16.4 Å². The Hall–Kier alpha value is -1.40. The Labute approximate surface area is 132 Å². The molecule has 0 aromatic heterocycles. The molecular weight excluding hydrogens is 334 g/mol. The van der Waals surface area contributed by atoms with E-state index in [4.69, 9.17) is 5.73 Å². The van der Waals surface area contributed by atoms with Gasteiger partial charge in [-0.15, -0.1) is 0 Å². The van der Waals surface area contributed by atoms with Crippen molar-refractivity contribution in [3.8, 4) is 0 Å². The fourth-order valence-electron chi connectivity index (χ4n) is 2.56. The highest BCUT2D eigenvalue weighted by Gasteiger charge is 2.38. The molecule has 0 bridgehead atoms. The van der Waals surface area contributed by atoms with Gasteiger partial charge in [-0.05, 0) is 30.5 Å². The maximum absolute atomic E-state index is 11.8. The second-order valence-electron chi connectivity index (χ2n) is 5.40. The van der Waals surface area contributed by atoms with Crippen LogP contribution in [-0.4, -0.2) is 31.4 Å². The summed E-state index contributed by atoms with van der Waals surface area (Å²) in [6.45, 7) is 0.481. The van der Waals surface area contributed by atoms with Crippen molar-refractivity contribution in [1.29, 1.82) is 0 Å². The van der Waals surface area contributed by atoms with Crippen LogP contribution in [0.15, 0.2) is 28.7 Å². The van der Waals surface area contributed by atoms with Gasteiger partial charge in [-0.2, -0.15) is 0 Å². The molecule has 0 aliphatic heterocycles. The first-order valence-corrected chi connectivity index (χ1v) is 7.84. The minimum Gasteiger partial charge on any atom is -0.354 e. The van der Waals surface area contributed by atoms with Crippen molar-refractivity contribution in [2.24, 2.45) is 5.73 Å². The summed E-state index contributed by atoms with van der Waals surface area (Å²) in [5.74, 6) is -0.503. The molecule has 1 aliphatic rings. The van der Waals surface area contributed by atoms with E-state index in [1.165, 1.54) is 12.0 Å². The summed E-state index contributed by atoms with van der Waals surface area (Å²) in [7, 11) is 0. The minimum absolute atomic E-state index is 0.0214. The molecule has 4 N–H and O–H groups in total. The van der Waals surface area contributed by atoms with E-state index in [1.54, 1.807) is 0 Å². The van der Waals surface area contributed by atoms with Gasteiger partial charge in [0, 0.05) is 16.4 Å². The van der Waals surface area contributed by atoms with Crippen molar-refractivity contribution < 1.29 is 9.59 Å². The van der Waals surface area contributed by atoms with Gasteiger partial charge < -0.3 is 16.4 Å². The van der Waals surface area contributed by atoms with E-state index >= 15 is 0 Å². The second kappa shape index (κ2) is 7.04. The molecule has 5 nitrogen and oxygen atoms in total. The quantitative estimate of drug-likeness (QED) is 0.714. The molecule has 0 radical (unpaired) electrons. The Balaban J connectivity index is 1.89. The zero-order valence-corrected chi connectivity index (χ0v) is 13.4. The number of carbonyl (C=O) groups excluding carboxylic acids is 2. The van der Waals surface area contributed by atoms with Crippen molar-refractivity contribution in [2.75, 3.05) is 19.6 Å². The number of hydrogen-bond donors (Lipinski definition) is 3. The molecule has 0 spiro atoms. The van der Waals surface area contributed by atoms with E-state index in [1.807, 2.05) is 12.1 Å². The third-order valence-electron chi connectivity index (χ3n) is 4.02. The lowest BCUT2D eigenvalue weighted by molar-refractivity contribution is -0.125. The highest BCUT2D eigenvalue weighted by Crippen LogP contribution is 2.43. The first-order valence-electron chi connectivity index (χ1n) is 7.05. The van der Waals surface area contributed by atoms with Crippen LogP contribution in [0.5, 0.6) is 0 Å². The molecule has 1 fully saturated rings. The summed E-state index contributed by atoms with van der Waals surface area (Å²) in [4.78, 5) is 22.8. The van der Waals surface area contributed by atoms with E-state index in [9.17, 15) is 9.59 Å². The Bertz CT molecular complexity index is 512. The van der Waals surface area contributed by atoms with Crippen LogP contribution in [0.4, 0.5) is 0 Å². The Kier molecular flexibility index (Phi) is 5.36. The van der Waals surface area contributed by atoms with Crippen LogP contribution in [-0.2, 0) is 15.0 Å². The molecule has 1 aromatic carbocycles. The molecule has 21 heavy (non-hydrogen) atoms. The average molecular weight is 354 g/mol. The average Bonchev–Trinajstić information content (AvgIpc) is 2.45. The highest BCUT2D eigenvalue weighted by atomic mass is 79.9. The van der Waals surface area contributed by atoms with Gasteiger partial charge in [-0.3, -0.25) is 9.59 Å². The number of nitrogens with one attached hydrogen (secondary N) is 2. The van der Waals surface area contributed by atoms with E-state index in [-0.39, 0.29) is 30.3 Å². The predicted molar refractivity (Wildman–Crippen MR) is 84.7 cm³/mol. The number of carbonyl (C=O) groups is 2. The van der Waals surface area contributed by atoms with Crippen molar-refractivity contribution in [2.45, 2.75) is 24.7 Å². The molecule has 0 unspecified atom stereocenters. The molecule has 1 aromatic rings. The molecule has 0 heterocycles. The van der Waals surface area contributed by atoms with Crippen LogP contribution in [0, 0.1) is 0 Å². The van der Waals surface area contributed by atoms with Gasteiger partial charge in [0.1, 0.15) is 0 Å². The van der Waals surface area contributed by atoms with E-state index in [2.05, 4.69) is 38.7 Å². The van der Waals surface area contributed by atoms with Gasteiger partial charge in [-0.1, -0.05) is 34.5 Å². The van der Waals surface area contributed by atoms with Gasteiger partial charge in [0.15, 0.2) is 0 Å².